The van der Waals surface area contributed by atoms with E-state index in [1.807, 2.05) is 48.5 Å². The van der Waals surface area contributed by atoms with Crippen LogP contribution in [0.3, 0.4) is 0 Å². The van der Waals surface area contributed by atoms with Crippen molar-refractivity contribution in [3.05, 3.63) is 69.7 Å². The molecule has 1 fully saturated rings. The number of halogens is 2. The second-order valence-electron chi connectivity index (χ2n) is 7.08. The molecule has 1 aliphatic heterocycles. The van der Waals surface area contributed by atoms with Crippen LogP contribution in [-0.2, 0) is 28.4 Å². The number of benzene rings is 2. The molecule has 0 bridgehead atoms. The van der Waals surface area contributed by atoms with E-state index < -0.39 is 12.2 Å². The minimum absolute atomic E-state index is 0.361. The Balaban J connectivity index is 1.80. The molecular formula is C24H30Cl2O6. The summed E-state index contributed by atoms with van der Waals surface area (Å²) in [6.07, 6.45) is -0.962. The largest absolute Gasteiger partial charge is 0.377 e. The highest BCUT2D eigenvalue weighted by Gasteiger charge is 2.30. The highest BCUT2D eigenvalue weighted by molar-refractivity contribution is 6.31. The lowest BCUT2D eigenvalue weighted by atomic mass is 9.97. The highest BCUT2D eigenvalue weighted by Crippen LogP contribution is 2.40. The van der Waals surface area contributed by atoms with Crippen molar-refractivity contribution >= 4 is 23.2 Å². The molecule has 2 aromatic carbocycles. The van der Waals surface area contributed by atoms with E-state index in [0.717, 1.165) is 11.1 Å². The molecule has 0 amide bonds. The quantitative estimate of drug-likeness (QED) is 0.604. The van der Waals surface area contributed by atoms with Crippen molar-refractivity contribution in [1.82, 2.24) is 0 Å². The second-order valence-corrected chi connectivity index (χ2v) is 7.89. The van der Waals surface area contributed by atoms with E-state index in [0.29, 0.717) is 76.1 Å². The molecule has 1 heterocycles. The summed E-state index contributed by atoms with van der Waals surface area (Å²) in [5.41, 5.74) is 1.65. The standard InChI is InChI=1S/C24H30Cl2O6/c25-21-7-3-1-5-19(21)23-24(20-6-2-4-8-22(20)26)32-18-16-30-14-12-28-10-9-27-11-13-29-15-17-31-23/h1-8,23-24H,9-18H2/t23-,24-/m0/s1. The molecule has 32 heavy (non-hydrogen) atoms. The molecule has 0 N–H and O–H groups in total. The lowest BCUT2D eigenvalue weighted by molar-refractivity contribution is -0.103. The molecule has 0 unspecified atom stereocenters. The normalized spacial score (nSPS) is 23.2. The van der Waals surface area contributed by atoms with Crippen LogP contribution in [0.1, 0.15) is 23.3 Å². The lowest BCUT2D eigenvalue weighted by Crippen LogP contribution is -2.23. The van der Waals surface area contributed by atoms with E-state index in [-0.39, 0.29) is 0 Å². The van der Waals surface area contributed by atoms with Gasteiger partial charge in [-0.3, -0.25) is 0 Å². The van der Waals surface area contributed by atoms with Gasteiger partial charge < -0.3 is 28.4 Å². The summed E-state index contributed by atoms with van der Waals surface area (Å²) in [6, 6.07) is 15.2. The fourth-order valence-electron chi connectivity index (χ4n) is 3.32. The Morgan fingerprint density at radius 1 is 0.469 bits per heavy atom. The molecular weight excluding hydrogens is 455 g/mol. The monoisotopic (exact) mass is 484 g/mol. The van der Waals surface area contributed by atoms with E-state index in [2.05, 4.69) is 0 Å². The minimum Gasteiger partial charge on any atom is -0.377 e. The minimum atomic E-state index is -0.481. The van der Waals surface area contributed by atoms with Gasteiger partial charge in [-0.05, 0) is 12.1 Å². The zero-order chi connectivity index (χ0) is 22.4. The fourth-order valence-corrected chi connectivity index (χ4v) is 3.81. The molecule has 1 aliphatic rings. The van der Waals surface area contributed by atoms with Gasteiger partial charge in [0.2, 0.25) is 0 Å². The van der Waals surface area contributed by atoms with Gasteiger partial charge in [0, 0.05) is 21.2 Å². The van der Waals surface area contributed by atoms with Gasteiger partial charge >= 0.3 is 0 Å². The average Bonchev–Trinajstić information content (AvgIpc) is 2.80. The number of hydrogen-bond donors (Lipinski definition) is 0. The van der Waals surface area contributed by atoms with Crippen molar-refractivity contribution in [2.24, 2.45) is 0 Å². The molecule has 176 valence electrons. The molecule has 0 aliphatic carbocycles. The van der Waals surface area contributed by atoms with Gasteiger partial charge in [-0.25, -0.2) is 0 Å². The first-order chi connectivity index (χ1) is 15.8. The van der Waals surface area contributed by atoms with Crippen LogP contribution >= 0.6 is 23.2 Å². The van der Waals surface area contributed by atoms with Crippen molar-refractivity contribution in [2.75, 3.05) is 66.1 Å². The van der Waals surface area contributed by atoms with Gasteiger partial charge in [0.25, 0.3) is 0 Å². The Morgan fingerprint density at radius 3 is 1.12 bits per heavy atom. The van der Waals surface area contributed by atoms with Crippen LogP contribution in [-0.4, -0.2) is 66.1 Å². The highest BCUT2D eigenvalue weighted by atomic mass is 35.5. The molecule has 1 saturated heterocycles. The SMILES string of the molecule is Clc1ccccc1[C@@H]1OCCOCCOCCOCCOCCO[C@H]1c1ccccc1Cl. The Morgan fingerprint density at radius 2 is 0.781 bits per heavy atom. The third-order valence-electron chi connectivity index (χ3n) is 4.86. The number of ether oxygens (including phenoxy) is 6. The number of hydrogen-bond acceptors (Lipinski definition) is 6. The van der Waals surface area contributed by atoms with Gasteiger partial charge in [-0.2, -0.15) is 0 Å². The summed E-state index contributed by atoms with van der Waals surface area (Å²) < 4.78 is 34.8. The zero-order valence-electron chi connectivity index (χ0n) is 18.0. The first-order valence-corrected chi connectivity index (χ1v) is 11.6. The van der Waals surface area contributed by atoms with E-state index in [1.54, 1.807) is 0 Å². The summed E-state index contributed by atoms with van der Waals surface area (Å²) in [5.74, 6) is 0. The zero-order valence-corrected chi connectivity index (χ0v) is 19.6. The van der Waals surface area contributed by atoms with Crippen molar-refractivity contribution in [1.29, 1.82) is 0 Å². The maximum absolute atomic E-state index is 6.54. The van der Waals surface area contributed by atoms with E-state index in [9.17, 15) is 0 Å². The first-order valence-electron chi connectivity index (χ1n) is 10.8. The van der Waals surface area contributed by atoms with E-state index >= 15 is 0 Å². The third kappa shape index (κ3) is 8.28. The summed E-state index contributed by atoms with van der Waals surface area (Å²) in [6.45, 7) is 4.56. The number of rotatable bonds is 2. The molecule has 0 spiro atoms. The van der Waals surface area contributed by atoms with Crippen molar-refractivity contribution < 1.29 is 28.4 Å². The van der Waals surface area contributed by atoms with Crippen LogP contribution in [0.25, 0.3) is 0 Å². The van der Waals surface area contributed by atoms with Crippen LogP contribution in [0.4, 0.5) is 0 Å². The van der Waals surface area contributed by atoms with Gasteiger partial charge in [-0.15, -0.1) is 0 Å². The van der Waals surface area contributed by atoms with Crippen LogP contribution < -0.4 is 0 Å². The summed E-state index contributed by atoms with van der Waals surface area (Å²) in [7, 11) is 0. The molecule has 0 saturated carbocycles. The maximum Gasteiger partial charge on any atom is 0.114 e. The fraction of sp³-hybridized carbons (Fsp3) is 0.500. The molecule has 6 nitrogen and oxygen atoms in total. The van der Waals surface area contributed by atoms with Gasteiger partial charge in [0.15, 0.2) is 0 Å². The predicted molar refractivity (Wildman–Crippen MR) is 124 cm³/mol. The van der Waals surface area contributed by atoms with Crippen LogP contribution in [0.2, 0.25) is 10.0 Å². The summed E-state index contributed by atoms with van der Waals surface area (Å²) in [4.78, 5) is 0. The Hall–Kier alpha value is -1.22. The summed E-state index contributed by atoms with van der Waals surface area (Å²) in [5, 5.41) is 1.20. The second kappa shape index (κ2) is 14.8. The van der Waals surface area contributed by atoms with Gasteiger partial charge in [0.05, 0.1) is 66.1 Å². The van der Waals surface area contributed by atoms with Crippen molar-refractivity contribution in [3.8, 4) is 0 Å². The predicted octanol–water partition coefficient (Wildman–Crippen LogP) is 4.89. The Kier molecular flexibility index (Phi) is 11.8. The Labute approximate surface area is 199 Å². The topological polar surface area (TPSA) is 55.4 Å². The van der Waals surface area contributed by atoms with Crippen LogP contribution in [0, 0.1) is 0 Å². The third-order valence-corrected chi connectivity index (χ3v) is 5.55. The molecule has 0 radical (unpaired) electrons. The molecule has 2 aromatic rings. The lowest BCUT2D eigenvalue weighted by Gasteiger charge is -2.29. The van der Waals surface area contributed by atoms with E-state index in [1.165, 1.54) is 0 Å². The Bertz CT molecular complexity index is 725. The van der Waals surface area contributed by atoms with E-state index in [4.69, 9.17) is 51.6 Å². The van der Waals surface area contributed by atoms with Crippen LogP contribution in [0.5, 0.6) is 0 Å². The smallest absolute Gasteiger partial charge is 0.114 e. The van der Waals surface area contributed by atoms with Crippen molar-refractivity contribution in [2.45, 2.75) is 12.2 Å². The van der Waals surface area contributed by atoms with Gasteiger partial charge in [-0.1, -0.05) is 59.6 Å². The van der Waals surface area contributed by atoms with Crippen LogP contribution in [0.15, 0.2) is 48.5 Å². The maximum atomic E-state index is 6.54. The molecule has 0 aromatic heterocycles. The summed E-state index contributed by atoms with van der Waals surface area (Å²) >= 11 is 13.1. The molecule has 2 atom stereocenters. The molecule has 8 heteroatoms. The first kappa shape index (κ1) is 25.4. The average molecular weight is 485 g/mol. The molecule has 3 rings (SSSR count). The van der Waals surface area contributed by atoms with Gasteiger partial charge in [0.1, 0.15) is 12.2 Å². The van der Waals surface area contributed by atoms with Crippen molar-refractivity contribution in [3.63, 3.8) is 0 Å².